The zero-order valence-corrected chi connectivity index (χ0v) is 8.45. The molecule has 4 heteroatoms. The molecule has 0 bridgehead atoms. The molecule has 0 aromatic heterocycles. The van der Waals surface area contributed by atoms with Crippen LogP contribution in [0.5, 0.6) is 0 Å². The standard InChI is InChI=1S/Ca.Na.H2OSi.3H/c;;1-2;;;/h;;2H2;;;/q+2;+1;;3*-1. The first-order valence-electron chi connectivity index (χ1n) is 0.289. The third-order valence-corrected chi connectivity index (χ3v) is 0. The van der Waals surface area contributed by atoms with E-state index in [2.05, 4.69) is 0 Å². The smallest absolute Gasteiger partial charge is 1.00 e. The van der Waals surface area contributed by atoms with Crippen LogP contribution in [0.25, 0.3) is 0 Å². The number of hydrogen-bond donors (Lipinski definition) is 0. The quantitative estimate of drug-likeness (QED) is 0.291. The maximum absolute atomic E-state index is 8.28. The molecule has 0 aliphatic rings. The Morgan fingerprint density at radius 3 is 1.50 bits per heavy atom. The Morgan fingerprint density at radius 1 is 1.50 bits per heavy atom. The van der Waals surface area contributed by atoms with Crippen molar-refractivity contribution in [1.82, 2.24) is 0 Å². The minimum absolute atomic E-state index is 0. The predicted molar refractivity (Wildman–Crippen MR) is 18.3 cm³/mol. The molecule has 0 N–H and O–H groups in total. The summed E-state index contributed by atoms with van der Waals surface area (Å²) < 4.78 is 8.28. The monoisotopic (exact) mass is 112 g/mol. The fourth-order valence-corrected chi connectivity index (χ4v) is 0. The molecule has 0 aliphatic heterocycles. The topological polar surface area (TPSA) is 17.1 Å². The third-order valence-electron chi connectivity index (χ3n) is 0. The molecular weight excluding hydrogens is 107 g/mol. The normalized spacial score (nSPS) is 1.00. The second-order valence-electron chi connectivity index (χ2n) is 0. The van der Waals surface area contributed by atoms with Gasteiger partial charge in [0.2, 0.25) is 10.1 Å². The first-order valence-corrected chi connectivity index (χ1v) is 0.866. The van der Waals surface area contributed by atoms with E-state index in [1.54, 1.807) is 0 Å². The molecule has 0 spiro atoms. The summed E-state index contributed by atoms with van der Waals surface area (Å²) >= 11 is 0. The Kier molecular flexibility index (Phi) is 75.8. The van der Waals surface area contributed by atoms with Gasteiger partial charge in [0, 0.05) is 0 Å². The molecular formula is H5CaNaOSi. The summed E-state index contributed by atoms with van der Waals surface area (Å²) in [7, 11) is 0.611. The Balaban J connectivity index is -0.000000000500. The zero-order chi connectivity index (χ0) is 2.00. The van der Waals surface area contributed by atoms with E-state index in [1.807, 2.05) is 0 Å². The summed E-state index contributed by atoms with van der Waals surface area (Å²) in [6, 6.07) is 0. The minimum atomic E-state index is 0. The van der Waals surface area contributed by atoms with E-state index < -0.39 is 0 Å². The van der Waals surface area contributed by atoms with Gasteiger partial charge in [-0.3, -0.25) is 0 Å². The molecule has 0 saturated heterocycles. The molecule has 1 nitrogen and oxygen atoms in total. The summed E-state index contributed by atoms with van der Waals surface area (Å²) in [5, 5.41) is 0. The maximum atomic E-state index is 8.28. The molecule has 0 fully saturated rings. The Morgan fingerprint density at radius 2 is 1.50 bits per heavy atom. The van der Waals surface area contributed by atoms with Gasteiger partial charge in [0.25, 0.3) is 0 Å². The van der Waals surface area contributed by atoms with Gasteiger partial charge in [-0.05, 0) is 0 Å². The van der Waals surface area contributed by atoms with Crippen LogP contribution in [0.15, 0.2) is 0 Å². The van der Waals surface area contributed by atoms with E-state index in [9.17, 15) is 0 Å². The molecule has 4 heavy (non-hydrogen) atoms. The van der Waals surface area contributed by atoms with Crippen molar-refractivity contribution in [2.24, 2.45) is 0 Å². The van der Waals surface area contributed by atoms with Crippen LogP contribution in [0.2, 0.25) is 0 Å². The largest absolute Gasteiger partial charge is 2.00 e. The van der Waals surface area contributed by atoms with Gasteiger partial charge in [0.15, 0.2) is 0 Å². The molecule has 0 saturated carbocycles. The van der Waals surface area contributed by atoms with Crippen molar-refractivity contribution in [3.05, 3.63) is 0 Å². The molecule has 0 amide bonds. The molecule has 0 heterocycles. The van der Waals surface area contributed by atoms with Crippen molar-refractivity contribution < 1.29 is 38.3 Å². The average molecular weight is 112 g/mol. The SMILES string of the molecule is O=[SiH2].[Ca+2].[H-].[H-].[H-].[Na+]. The van der Waals surface area contributed by atoms with Crippen molar-refractivity contribution in [1.29, 1.82) is 0 Å². The Labute approximate surface area is 84.8 Å². The number of hydrogen-bond acceptors (Lipinski definition) is 1. The first-order chi connectivity index (χ1) is 1.00. The van der Waals surface area contributed by atoms with E-state index in [0.29, 0.717) is 10.1 Å². The predicted octanol–water partition coefficient (Wildman–Crippen LogP) is -4.07. The van der Waals surface area contributed by atoms with Gasteiger partial charge in [-0.2, -0.15) is 0 Å². The molecule has 0 unspecified atom stereocenters. The Bertz CT molecular complexity index is 14.9. The maximum Gasteiger partial charge on any atom is 2.00 e. The van der Waals surface area contributed by atoms with E-state index in [0.717, 1.165) is 0 Å². The van der Waals surface area contributed by atoms with E-state index in [4.69, 9.17) is 4.46 Å². The summed E-state index contributed by atoms with van der Waals surface area (Å²) in [5.74, 6) is 0. The van der Waals surface area contributed by atoms with Crippen LogP contribution >= 0.6 is 0 Å². The molecule has 0 rings (SSSR count). The van der Waals surface area contributed by atoms with E-state index in [-0.39, 0.29) is 71.6 Å². The molecule has 0 radical (unpaired) electrons. The van der Waals surface area contributed by atoms with Gasteiger partial charge >= 0.3 is 67.3 Å². The van der Waals surface area contributed by atoms with Crippen molar-refractivity contribution in [2.75, 3.05) is 0 Å². The fourth-order valence-electron chi connectivity index (χ4n) is 0. The van der Waals surface area contributed by atoms with E-state index in [1.165, 1.54) is 0 Å². The van der Waals surface area contributed by atoms with E-state index >= 15 is 0 Å². The van der Waals surface area contributed by atoms with Crippen LogP contribution in [0.1, 0.15) is 4.28 Å². The molecule has 0 atom stereocenters. The van der Waals surface area contributed by atoms with Crippen LogP contribution in [-0.4, -0.2) is 47.9 Å². The molecule has 18 valence electrons. The minimum Gasteiger partial charge on any atom is -1.00 e. The summed E-state index contributed by atoms with van der Waals surface area (Å²) in [6.45, 7) is 0. The van der Waals surface area contributed by atoms with Gasteiger partial charge in [0.05, 0.1) is 0 Å². The van der Waals surface area contributed by atoms with Crippen LogP contribution in [-0.2, 0) is 4.46 Å². The van der Waals surface area contributed by atoms with Crippen molar-refractivity contribution in [3.63, 3.8) is 0 Å². The first kappa shape index (κ1) is 16.3. The molecule has 0 aromatic rings. The van der Waals surface area contributed by atoms with Crippen molar-refractivity contribution >= 4 is 47.9 Å². The van der Waals surface area contributed by atoms with Gasteiger partial charge in [0.1, 0.15) is 0 Å². The fraction of sp³-hybridized carbons (Fsp3) is 0. The van der Waals surface area contributed by atoms with Crippen LogP contribution in [0, 0.1) is 0 Å². The second-order valence-corrected chi connectivity index (χ2v) is 0. The summed E-state index contributed by atoms with van der Waals surface area (Å²) in [5.41, 5.74) is 0. The third kappa shape index (κ3) is 8.86. The summed E-state index contributed by atoms with van der Waals surface area (Å²) in [4.78, 5) is 0. The molecule has 0 aromatic carbocycles. The van der Waals surface area contributed by atoms with Gasteiger partial charge in [-0.1, -0.05) is 0 Å². The van der Waals surface area contributed by atoms with Crippen LogP contribution in [0.3, 0.4) is 0 Å². The summed E-state index contributed by atoms with van der Waals surface area (Å²) in [6.07, 6.45) is 0. The second kappa shape index (κ2) is 18.6. The Hall–Kier alpha value is 2.28. The van der Waals surface area contributed by atoms with Gasteiger partial charge < -0.3 is 8.74 Å². The van der Waals surface area contributed by atoms with Crippen LogP contribution in [0.4, 0.5) is 0 Å². The molecule has 0 aliphatic carbocycles. The van der Waals surface area contributed by atoms with Gasteiger partial charge in [-0.25, -0.2) is 0 Å². The van der Waals surface area contributed by atoms with Gasteiger partial charge in [-0.15, -0.1) is 0 Å². The van der Waals surface area contributed by atoms with Crippen LogP contribution < -0.4 is 29.6 Å². The number of rotatable bonds is 0. The van der Waals surface area contributed by atoms with Crippen molar-refractivity contribution in [3.8, 4) is 0 Å². The average Bonchev–Trinajstić information content (AvgIpc) is 1.00. The zero-order valence-electron chi connectivity index (χ0n) is 5.82. The van der Waals surface area contributed by atoms with Crippen molar-refractivity contribution in [2.45, 2.75) is 0 Å².